The van der Waals surface area contributed by atoms with Crippen LogP contribution in [0.3, 0.4) is 0 Å². The van der Waals surface area contributed by atoms with Gasteiger partial charge in [0.05, 0.1) is 0 Å². The summed E-state index contributed by atoms with van der Waals surface area (Å²) >= 11 is 0. The molecular weight excluding hydrogens is 146 g/mol. The summed E-state index contributed by atoms with van der Waals surface area (Å²) in [5.41, 5.74) is 0.0127. The minimum absolute atomic E-state index is 0.0127. The van der Waals surface area contributed by atoms with E-state index in [-0.39, 0.29) is 12.0 Å². The zero-order valence-electron chi connectivity index (χ0n) is 6.20. The third kappa shape index (κ3) is 1.68. The fraction of sp³-hybridized carbons (Fsp3) is 0.333. The largest absolute Gasteiger partial charge is 0.273 e. The second-order valence-electron chi connectivity index (χ2n) is 2.28. The Hall–Kier alpha value is -1.10. The SMILES string of the molecule is CCC(F)(F)c1cc#ccc1. The van der Waals surface area contributed by atoms with Crippen molar-refractivity contribution in [1.29, 1.82) is 0 Å². The van der Waals surface area contributed by atoms with E-state index in [2.05, 4.69) is 12.1 Å². The van der Waals surface area contributed by atoms with Gasteiger partial charge in [-0.1, -0.05) is 19.1 Å². The van der Waals surface area contributed by atoms with Crippen molar-refractivity contribution in [2.45, 2.75) is 19.3 Å². The van der Waals surface area contributed by atoms with Crippen molar-refractivity contribution in [3.63, 3.8) is 0 Å². The summed E-state index contributed by atoms with van der Waals surface area (Å²) in [6, 6.07) is 9.14. The van der Waals surface area contributed by atoms with Crippen LogP contribution in [0.25, 0.3) is 0 Å². The van der Waals surface area contributed by atoms with Gasteiger partial charge in [0.1, 0.15) is 0 Å². The number of hydrogen-bond donors (Lipinski definition) is 0. The van der Waals surface area contributed by atoms with Gasteiger partial charge < -0.3 is 0 Å². The van der Waals surface area contributed by atoms with Crippen LogP contribution in [0.15, 0.2) is 18.2 Å². The van der Waals surface area contributed by atoms with Gasteiger partial charge >= 0.3 is 0 Å². The summed E-state index contributed by atoms with van der Waals surface area (Å²) in [5, 5.41) is 0. The van der Waals surface area contributed by atoms with Crippen LogP contribution in [0, 0.1) is 12.1 Å². The molecule has 0 amide bonds. The van der Waals surface area contributed by atoms with Gasteiger partial charge in [-0.05, 0) is 18.2 Å². The lowest BCUT2D eigenvalue weighted by Crippen LogP contribution is -2.10. The van der Waals surface area contributed by atoms with Gasteiger partial charge in [-0.3, -0.25) is 0 Å². The van der Waals surface area contributed by atoms with E-state index < -0.39 is 5.92 Å². The Morgan fingerprint density at radius 1 is 1.45 bits per heavy atom. The predicted octanol–water partition coefficient (Wildman–Crippen LogP) is 2.79. The maximum absolute atomic E-state index is 12.9. The number of alkyl halides is 2. The van der Waals surface area contributed by atoms with Gasteiger partial charge in [-0.15, -0.1) is 0 Å². The first-order valence-electron chi connectivity index (χ1n) is 3.43. The monoisotopic (exact) mass is 154 g/mol. The van der Waals surface area contributed by atoms with Crippen LogP contribution in [0.4, 0.5) is 8.78 Å². The molecule has 0 aliphatic rings. The van der Waals surface area contributed by atoms with Gasteiger partial charge in [0.15, 0.2) is 0 Å². The van der Waals surface area contributed by atoms with Gasteiger partial charge in [-0.2, -0.15) is 0 Å². The van der Waals surface area contributed by atoms with Crippen LogP contribution < -0.4 is 0 Å². The molecule has 1 rings (SSSR count). The van der Waals surface area contributed by atoms with Crippen LogP contribution in [0.5, 0.6) is 0 Å². The lowest BCUT2D eigenvalue weighted by molar-refractivity contribution is -0.00826. The maximum Gasteiger partial charge on any atom is 0.273 e. The van der Waals surface area contributed by atoms with Crippen molar-refractivity contribution in [3.8, 4) is 0 Å². The molecule has 0 aliphatic heterocycles. The average molecular weight is 154 g/mol. The minimum atomic E-state index is -2.72. The number of rotatable bonds is 2. The first-order chi connectivity index (χ1) is 5.17. The third-order valence-corrected chi connectivity index (χ3v) is 1.52. The molecule has 0 N–H and O–H groups in total. The second-order valence-corrected chi connectivity index (χ2v) is 2.28. The average Bonchev–Trinajstić information content (AvgIpc) is 2.06. The van der Waals surface area contributed by atoms with Gasteiger partial charge in [0, 0.05) is 12.0 Å². The molecule has 0 aliphatic carbocycles. The highest BCUT2D eigenvalue weighted by Gasteiger charge is 2.28. The molecule has 0 heterocycles. The molecule has 0 bridgehead atoms. The molecule has 11 heavy (non-hydrogen) atoms. The second kappa shape index (κ2) is 2.87. The molecule has 58 valence electrons. The maximum atomic E-state index is 12.9. The van der Waals surface area contributed by atoms with E-state index in [1.165, 1.54) is 25.1 Å². The highest BCUT2D eigenvalue weighted by atomic mass is 19.3. The van der Waals surface area contributed by atoms with E-state index in [4.69, 9.17) is 0 Å². The molecule has 0 saturated heterocycles. The summed E-state index contributed by atoms with van der Waals surface area (Å²) in [6.45, 7) is 1.46. The standard InChI is InChI=1S/C9H8F2/c1-2-9(10,11)8-6-4-3-5-7-8/h4,6-7H,2H2,1H3. The lowest BCUT2D eigenvalue weighted by Gasteiger charge is -2.12. The van der Waals surface area contributed by atoms with Crippen molar-refractivity contribution in [2.75, 3.05) is 0 Å². The highest BCUT2D eigenvalue weighted by Crippen LogP contribution is 2.29. The first kappa shape index (κ1) is 8.00. The molecule has 2 heteroatoms. The topological polar surface area (TPSA) is 0 Å². The first-order valence-corrected chi connectivity index (χ1v) is 3.43. The Morgan fingerprint density at radius 2 is 2.18 bits per heavy atom. The summed E-state index contributed by atoms with van der Waals surface area (Å²) in [6.07, 6.45) is -0.176. The van der Waals surface area contributed by atoms with E-state index in [0.717, 1.165) is 0 Å². The number of halogens is 2. The van der Waals surface area contributed by atoms with Gasteiger partial charge in [-0.25, -0.2) is 8.78 Å². The molecular formula is C9H8F2. The van der Waals surface area contributed by atoms with Gasteiger partial charge in [0.25, 0.3) is 5.92 Å². The molecule has 0 atom stereocenters. The molecule has 1 aromatic carbocycles. The predicted molar refractivity (Wildman–Crippen MR) is 38.3 cm³/mol. The van der Waals surface area contributed by atoms with Crippen molar-refractivity contribution in [2.24, 2.45) is 0 Å². The molecule has 0 spiro atoms. The third-order valence-electron chi connectivity index (χ3n) is 1.52. The summed E-state index contributed by atoms with van der Waals surface area (Å²) in [4.78, 5) is 0. The van der Waals surface area contributed by atoms with Crippen molar-refractivity contribution in [1.82, 2.24) is 0 Å². The van der Waals surface area contributed by atoms with Crippen molar-refractivity contribution < 1.29 is 8.78 Å². The van der Waals surface area contributed by atoms with Crippen molar-refractivity contribution >= 4 is 0 Å². The summed E-state index contributed by atoms with van der Waals surface area (Å²) < 4.78 is 25.7. The van der Waals surface area contributed by atoms with E-state index in [0.29, 0.717) is 0 Å². The molecule has 0 unspecified atom stereocenters. The van der Waals surface area contributed by atoms with E-state index in [1.807, 2.05) is 0 Å². The van der Waals surface area contributed by atoms with E-state index in [1.54, 1.807) is 0 Å². The quantitative estimate of drug-likeness (QED) is 0.614. The molecule has 0 aromatic heterocycles. The molecule has 0 radical (unpaired) electrons. The molecule has 0 fully saturated rings. The van der Waals surface area contributed by atoms with Gasteiger partial charge in [0.2, 0.25) is 0 Å². The lowest BCUT2D eigenvalue weighted by atomic mass is 10.1. The fourth-order valence-electron chi connectivity index (χ4n) is 0.779. The Bertz CT molecular complexity index is 216. The Morgan fingerprint density at radius 3 is 2.64 bits per heavy atom. The van der Waals surface area contributed by atoms with Crippen LogP contribution in [-0.4, -0.2) is 0 Å². The van der Waals surface area contributed by atoms with Crippen LogP contribution in [-0.2, 0) is 5.92 Å². The highest BCUT2D eigenvalue weighted by molar-refractivity contribution is 5.15. The van der Waals surface area contributed by atoms with Crippen LogP contribution in [0.2, 0.25) is 0 Å². The molecule has 0 saturated carbocycles. The van der Waals surface area contributed by atoms with E-state index >= 15 is 0 Å². The summed E-state index contributed by atoms with van der Waals surface area (Å²) in [5.74, 6) is -2.72. The Balaban J connectivity index is 2.93. The Kier molecular flexibility index (Phi) is 2.09. The number of hydrogen-bond acceptors (Lipinski definition) is 0. The smallest absolute Gasteiger partial charge is 0.201 e. The van der Waals surface area contributed by atoms with Crippen LogP contribution in [0.1, 0.15) is 18.9 Å². The molecule has 1 aromatic rings. The summed E-state index contributed by atoms with van der Waals surface area (Å²) in [7, 11) is 0. The fourth-order valence-corrected chi connectivity index (χ4v) is 0.779. The minimum Gasteiger partial charge on any atom is -0.201 e. The zero-order valence-corrected chi connectivity index (χ0v) is 6.20. The Labute approximate surface area is 64.9 Å². The molecule has 0 nitrogen and oxygen atoms in total. The normalized spacial score (nSPS) is 10.8. The zero-order chi connectivity index (χ0) is 8.32. The van der Waals surface area contributed by atoms with Crippen LogP contribution >= 0.6 is 0 Å². The van der Waals surface area contributed by atoms with Crippen molar-refractivity contribution in [3.05, 3.63) is 35.9 Å². The van der Waals surface area contributed by atoms with E-state index in [9.17, 15) is 8.78 Å².